The van der Waals surface area contributed by atoms with Crippen LogP contribution < -0.4 is 9.47 Å². The largest absolute Gasteiger partial charge is 0.497 e. The number of hydrogen-bond donors (Lipinski definition) is 1. The Labute approximate surface area is 425 Å². The monoisotopic (exact) mass is 945 g/mol. The van der Waals surface area contributed by atoms with Crippen molar-refractivity contribution in [3.63, 3.8) is 0 Å². The lowest BCUT2D eigenvalue weighted by Crippen LogP contribution is -1.98. The van der Waals surface area contributed by atoms with Gasteiger partial charge in [0.25, 0.3) is 0 Å². The second-order valence-electron chi connectivity index (χ2n) is 18.6. The molecular formula is C67H51N3O3. The molecule has 1 atom stereocenters. The molecule has 0 fully saturated rings. The van der Waals surface area contributed by atoms with Crippen molar-refractivity contribution in [2.75, 3.05) is 14.2 Å². The first-order valence-corrected chi connectivity index (χ1v) is 24.3. The molecule has 0 bridgehead atoms. The third kappa shape index (κ3) is 8.70. The van der Waals surface area contributed by atoms with Gasteiger partial charge in [0.15, 0.2) is 6.10 Å². The van der Waals surface area contributed by atoms with Gasteiger partial charge in [-0.15, -0.1) is 6.42 Å². The number of aliphatic hydroxyl groups is 1. The molecule has 0 saturated heterocycles. The smallest absolute Gasteiger partial charge is 0.177 e. The predicted octanol–water partition coefficient (Wildman–Crippen LogP) is 14.7. The summed E-state index contributed by atoms with van der Waals surface area (Å²) in [7, 11) is 3.35. The van der Waals surface area contributed by atoms with Gasteiger partial charge in [-0.3, -0.25) is 0 Å². The Morgan fingerprint density at radius 3 is 0.932 bits per heavy atom. The second-order valence-corrected chi connectivity index (χ2v) is 18.6. The number of terminal acetylenes is 1. The van der Waals surface area contributed by atoms with E-state index in [4.69, 9.17) is 15.9 Å². The summed E-state index contributed by atoms with van der Waals surface area (Å²) in [6, 6.07) is 63.0. The first-order chi connectivity index (χ1) is 35.6. The Bertz CT molecular complexity index is 4110. The van der Waals surface area contributed by atoms with E-state index >= 15 is 0 Å². The molecular weight excluding hydrogens is 895 g/mol. The van der Waals surface area contributed by atoms with E-state index in [1.807, 2.05) is 60.7 Å². The van der Waals surface area contributed by atoms with E-state index < -0.39 is 6.10 Å². The molecule has 9 aromatic carbocycles. The van der Waals surface area contributed by atoms with Crippen LogP contribution in [0, 0.1) is 63.7 Å². The number of aliphatic hydroxyl groups excluding tert-OH is 1. The maximum absolute atomic E-state index is 10.6. The fourth-order valence-corrected chi connectivity index (χ4v) is 10.0. The summed E-state index contributed by atoms with van der Waals surface area (Å²) in [4.78, 5) is 0. The third-order valence-electron chi connectivity index (χ3n) is 13.6. The number of ether oxygens (including phenoxy) is 2. The Hall–Kier alpha value is -9.38. The highest BCUT2D eigenvalue weighted by atomic mass is 16.5. The van der Waals surface area contributed by atoms with Crippen molar-refractivity contribution >= 4 is 65.4 Å². The standard InChI is InChI=1S/C45H34N2O3.C22H17N/c1-29-5-21-42-38(25-29)39-26-30(2)6-22-43(39)46(42)33-13-7-31(8-14-33)11-17-35(48)18-12-32-9-15-34(16-10-32)47-44-23-19-36(49-3)27-40(44)41-28-37(50-4)20-24-45(41)47;1-4-17-7-9-18(10-8-17)23-21-11-5-15(2)13-19(21)20-14-16(3)6-12-22(20)23/h5-10,13-16,19-28,35,48H,1-4H3;1,5-14H,2-3H3. The Morgan fingerprint density at radius 1 is 0.370 bits per heavy atom. The van der Waals surface area contributed by atoms with Gasteiger partial charge in [-0.25, -0.2) is 0 Å². The van der Waals surface area contributed by atoms with Gasteiger partial charge in [0.2, 0.25) is 0 Å². The number of nitrogens with zero attached hydrogens (tertiary/aromatic N) is 3. The fraction of sp³-hybridized carbons (Fsp3) is 0.104. The second kappa shape index (κ2) is 19.1. The third-order valence-corrected chi connectivity index (χ3v) is 13.6. The lowest BCUT2D eigenvalue weighted by atomic mass is 10.1. The van der Waals surface area contributed by atoms with E-state index in [1.165, 1.54) is 65.9 Å². The van der Waals surface area contributed by atoms with Crippen LogP contribution in [0.3, 0.4) is 0 Å². The molecule has 6 heteroatoms. The van der Waals surface area contributed by atoms with Crippen molar-refractivity contribution < 1.29 is 14.6 Å². The summed E-state index contributed by atoms with van der Waals surface area (Å²) in [6.07, 6.45) is 4.39. The van der Waals surface area contributed by atoms with Gasteiger partial charge in [-0.1, -0.05) is 76.1 Å². The highest BCUT2D eigenvalue weighted by Crippen LogP contribution is 2.38. The fourth-order valence-electron chi connectivity index (χ4n) is 10.0. The van der Waals surface area contributed by atoms with Crippen LogP contribution in [-0.4, -0.2) is 39.1 Å². The van der Waals surface area contributed by atoms with E-state index in [0.717, 1.165) is 67.1 Å². The molecule has 0 aliphatic carbocycles. The zero-order valence-corrected chi connectivity index (χ0v) is 41.6. The highest BCUT2D eigenvalue weighted by Gasteiger charge is 2.16. The zero-order chi connectivity index (χ0) is 50.3. The molecule has 0 aliphatic rings. The van der Waals surface area contributed by atoms with Gasteiger partial charge in [-0.05, 0) is 185 Å². The first kappa shape index (κ1) is 46.0. The van der Waals surface area contributed by atoms with Gasteiger partial charge < -0.3 is 28.3 Å². The number of aromatic nitrogens is 3. The maximum atomic E-state index is 10.6. The average Bonchev–Trinajstić information content (AvgIpc) is 4.04. The number of aryl methyl sites for hydroxylation is 4. The van der Waals surface area contributed by atoms with Crippen LogP contribution in [-0.2, 0) is 0 Å². The predicted molar refractivity (Wildman–Crippen MR) is 302 cm³/mol. The van der Waals surface area contributed by atoms with Crippen LogP contribution in [0.15, 0.2) is 182 Å². The van der Waals surface area contributed by atoms with Crippen molar-refractivity contribution in [1.82, 2.24) is 13.7 Å². The molecule has 3 heterocycles. The summed E-state index contributed by atoms with van der Waals surface area (Å²) >= 11 is 0. The average molecular weight is 946 g/mol. The molecule has 0 radical (unpaired) electrons. The SMILES string of the molecule is C#Cc1ccc(-n2c3ccc(C)cc3c3cc(C)ccc32)cc1.COc1ccc2c(c1)c1cc(OC)ccc1n2-c1ccc(C#CC(O)C#Cc2ccc(-n3c4ccc(C)cc4c4cc(C)ccc43)cc2)cc1. The summed E-state index contributed by atoms with van der Waals surface area (Å²) in [5, 5.41) is 17.9. The molecule has 0 aliphatic heterocycles. The lowest BCUT2D eigenvalue weighted by molar-refractivity contribution is 0.289. The molecule has 73 heavy (non-hydrogen) atoms. The first-order valence-electron chi connectivity index (χ1n) is 24.3. The quantitative estimate of drug-likeness (QED) is 0.175. The summed E-state index contributed by atoms with van der Waals surface area (Å²) in [5.74, 6) is 16.2. The number of fused-ring (bicyclic) bond motifs is 9. The van der Waals surface area contributed by atoms with Crippen LogP contribution in [0.1, 0.15) is 38.9 Å². The van der Waals surface area contributed by atoms with E-state index in [1.54, 1.807) is 14.2 Å². The highest BCUT2D eigenvalue weighted by molar-refractivity contribution is 6.12. The van der Waals surface area contributed by atoms with Crippen LogP contribution in [0.4, 0.5) is 0 Å². The molecule has 0 spiro atoms. The molecule has 12 aromatic rings. The minimum Gasteiger partial charge on any atom is -0.497 e. The number of benzene rings is 9. The van der Waals surface area contributed by atoms with Crippen LogP contribution in [0.2, 0.25) is 0 Å². The Balaban J connectivity index is 0.000000207. The lowest BCUT2D eigenvalue weighted by Gasteiger charge is -2.08. The molecule has 0 amide bonds. The van der Waals surface area contributed by atoms with Crippen LogP contribution in [0.5, 0.6) is 11.5 Å². The minimum absolute atomic E-state index is 0.791. The minimum atomic E-state index is -1.08. The van der Waals surface area contributed by atoms with E-state index in [0.29, 0.717) is 0 Å². The number of methoxy groups -OCH3 is 2. The van der Waals surface area contributed by atoms with Crippen molar-refractivity contribution in [2.24, 2.45) is 0 Å². The van der Waals surface area contributed by atoms with Crippen molar-refractivity contribution in [2.45, 2.75) is 33.8 Å². The molecule has 12 rings (SSSR count). The zero-order valence-electron chi connectivity index (χ0n) is 41.6. The van der Waals surface area contributed by atoms with E-state index in [9.17, 15) is 5.11 Å². The van der Waals surface area contributed by atoms with Crippen molar-refractivity contribution in [3.05, 3.63) is 221 Å². The topological polar surface area (TPSA) is 53.5 Å². The van der Waals surface area contributed by atoms with E-state index in [-0.39, 0.29) is 0 Å². The molecule has 3 aromatic heterocycles. The molecule has 1 N–H and O–H groups in total. The van der Waals surface area contributed by atoms with E-state index in [2.05, 4.69) is 192 Å². The van der Waals surface area contributed by atoms with Crippen LogP contribution >= 0.6 is 0 Å². The number of rotatable bonds is 5. The Kier molecular flexibility index (Phi) is 12.0. The molecule has 1 unspecified atom stereocenters. The van der Waals surface area contributed by atoms with Gasteiger partial charge in [0.05, 0.1) is 47.3 Å². The van der Waals surface area contributed by atoms with Crippen molar-refractivity contribution in [3.8, 4) is 64.6 Å². The van der Waals surface area contributed by atoms with Crippen LogP contribution in [0.25, 0.3) is 82.5 Å². The van der Waals surface area contributed by atoms with Crippen molar-refractivity contribution in [1.29, 1.82) is 0 Å². The summed E-state index contributed by atoms with van der Waals surface area (Å²) in [5.41, 5.74) is 17.7. The summed E-state index contributed by atoms with van der Waals surface area (Å²) in [6.45, 7) is 8.54. The maximum Gasteiger partial charge on any atom is 0.177 e. The van der Waals surface area contributed by atoms with Gasteiger partial charge >= 0.3 is 0 Å². The normalized spacial score (nSPS) is 11.5. The Morgan fingerprint density at radius 2 is 0.644 bits per heavy atom. The molecule has 0 saturated carbocycles. The van der Waals surface area contributed by atoms with Gasteiger partial charge in [0, 0.05) is 66.1 Å². The van der Waals surface area contributed by atoms with Gasteiger partial charge in [-0.2, -0.15) is 0 Å². The molecule has 6 nitrogen and oxygen atoms in total. The van der Waals surface area contributed by atoms with Gasteiger partial charge in [0.1, 0.15) is 11.5 Å². The molecule has 352 valence electrons. The summed E-state index contributed by atoms with van der Waals surface area (Å²) < 4.78 is 17.8. The number of hydrogen-bond acceptors (Lipinski definition) is 3.